The van der Waals surface area contributed by atoms with E-state index in [0.29, 0.717) is 18.4 Å². The molecule has 3 rings (SSSR count). The van der Waals surface area contributed by atoms with Crippen LogP contribution in [0.3, 0.4) is 0 Å². The lowest BCUT2D eigenvalue weighted by molar-refractivity contribution is -0.135. The van der Waals surface area contributed by atoms with Crippen LogP contribution in [0, 0.1) is 11.3 Å². The fourth-order valence-corrected chi connectivity index (χ4v) is 3.30. The van der Waals surface area contributed by atoms with E-state index in [2.05, 4.69) is 27.9 Å². The van der Waals surface area contributed by atoms with Crippen LogP contribution in [0.4, 0.5) is 0 Å². The molecule has 1 N–H and O–H groups in total. The van der Waals surface area contributed by atoms with Gasteiger partial charge in [0.05, 0.1) is 18.0 Å². The van der Waals surface area contributed by atoms with Gasteiger partial charge in [0.15, 0.2) is 0 Å². The summed E-state index contributed by atoms with van der Waals surface area (Å²) < 4.78 is 0. The summed E-state index contributed by atoms with van der Waals surface area (Å²) in [4.78, 5) is 23.9. The summed E-state index contributed by atoms with van der Waals surface area (Å²) in [5.41, 5.74) is 2.88. The number of piperazine rings is 1. The van der Waals surface area contributed by atoms with E-state index in [4.69, 9.17) is 5.26 Å². The molecule has 1 saturated heterocycles. The Labute approximate surface area is 148 Å². The van der Waals surface area contributed by atoms with Gasteiger partial charge in [-0.3, -0.25) is 9.69 Å². The molecule has 0 spiro atoms. The molecule has 0 radical (unpaired) electrons. The van der Waals surface area contributed by atoms with E-state index in [1.165, 1.54) is 5.56 Å². The molecule has 1 atom stereocenters. The van der Waals surface area contributed by atoms with Gasteiger partial charge in [-0.1, -0.05) is 12.1 Å². The van der Waals surface area contributed by atoms with Crippen LogP contribution in [-0.2, 0) is 17.8 Å². The van der Waals surface area contributed by atoms with Crippen LogP contribution < -0.4 is 0 Å². The number of benzene rings is 1. The average Bonchev–Trinajstić information content (AvgIpc) is 3.14. The van der Waals surface area contributed by atoms with Crippen LogP contribution in [-0.4, -0.2) is 51.4 Å². The number of aromatic nitrogens is 2. The van der Waals surface area contributed by atoms with Gasteiger partial charge >= 0.3 is 0 Å². The molecule has 2 aromatic rings. The standard InChI is InChI=1S/C19H23N5O/c1-15-12-23(13-17-4-2-16(10-20)3-5-17)8-9-24(15)19(25)7-6-18-11-21-14-22-18/h2-5,11,14-15H,6-9,12-13H2,1H3,(H,21,22). The smallest absolute Gasteiger partial charge is 0.223 e. The second-order valence-corrected chi connectivity index (χ2v) is 6.56. The number of aromatic amines is 1. The fourth-order valence-electron chi connectivity index (χ4n) is 3.30. The highest BCUT2D eigenvalue weighted by Gasteiger charge is 2.27. The van der Waals surface area contributed by atoms with Crippen molar-refractivity contribution < 1.29 is 4.79 Å². The number of nitrogens with one attached hydrogen (secondary N) is 1. The number of hydrogen-bond acceptors (Lipinski definition) is 4. The third-order valence-corrected chi connectivity index (χ3v) is 4.68. The number of nitriles is 1. The van der Waals surface area contributed by atoms with Crippen LogP contribution in [0.1, 0.15) is 30.2 Å². The van der Waals surface area contributed by atoms with Gasteiger partial charge in [0, 0.05) is 50.5 Å². The molecule has 1 unspecified atom stereocenters. The Morgan fingerprint density at radius 2 is 2.16 bits per heavy atom. The predicted molar refractivity (Wildman–Crippen MR) is 94.5 cm³/mol. The Morgan fingerprint density at radius 3 is 2.80 bits per heavy atom. The monoisotopic (exact) mass is 337 g/mol. The minimum absolute atomic E-state index is 0.208. The average molecular weight is 337 g/mol. The van der Waals surface area contributed by atoms with Crippen molar-refractivity contribution in [3.8, 4) is 6.07 Å². The first-order chi connectivity index (χ1) is 12.2. The first-order valence-corrected chi connectivity index (χ1v) is 8.64. The Hall–Kier alpha value is -2.65. The van der Waals surface area contributed by atoms with E-state index in [0.717, 1.165) is 31.9 Å². The summed E-state index contributed by atoms with van der Waals surface area (Å²) in [5.74, 6) is 0.208. The molecule has 1 aliphatic heterocycles. The third kappa shape index (κ3) is 4.46. The van der Waals surface area contributed by atoms with Crippen molar-refractivity contribution in [2.24, 2.45) is 0 Å². The number of aryl methyl sites for hydroxylation is 1. The van der Waals surface area contributed by atoms with Gasteiger partial charge in [0.1, 0.15) is 0 Å². The number of rotatable bonds is 5. The van der Waals surface area contributed by atoms with Crippen molar-refractivity contribution in [1.82, 2.24) is 19.8 Å². The summed E-state index contributed by atoms with van der Waals surface area (Å²) in [6.45, 7) is 5.47. The quantitative estimate of drug-likeness (QED) is 0.905. The number of nitrogens with zero attached hydrogens (tertiary/aromatic N) is 4. The number of carbonyl (C=O) groups is 1. The molecule has 6 nitrogen and oxygen atoms in total. The largest absolute Gasteiger partial charge is 0.348 e. The number of imidazole rings is 1. The number of H-pyrrole nitrogens is 1. The molecule has 0 aliphatic carbocycles. The second-order valence-electron chi connectivity index (χ2n) is 6.56. The molecule has 6 heteroatoms. The lowest BCUT2D eigenvalue weighted by Crippen LogP contribution is -2.53. The molecule has 1 amide bonds. The molecule has 1 aliphatic rings. The molecule has 130 valence electrons. The third-order valence-electron chi connectivity index (χ3n) is 4.68. The maximum atomic E-state index is 12.5. The van der Waals surface area contributed by atoms with Crippen molar-refractivity contribution in [2.75, 3.05) is 19.6 Å². The number of carbonyl (C=O) groups excluding carboxylic acids is 1. The lowest BCUT2D eigenvalue weighted by atomic mass is 10.1. The number of amides is 1. The van der Waals surface area contributed by atoms with Crippen LogP contribution in [0.15, 0.2) is 36.8 Å². The minimum atomic E-state index is 0.208. The zero-order chi connectivity index (χ0) is 17.6. The van der Waals surface area contributed by atoms with Gasteiger partial charge in [-0.15, -0.1) is 0 Å². The van der Waals surface area contributed by atoms with Gasteiger partial charge in [0.2, 0.25) is 5.91 Å². The van der Waals surface area contributed by atoms with E-state index in [9.17, 15) is 4.79 Å². The van der Waals surface area contributed by atoms with Gasteiger partial charge in [0.25, 0.3) is 0 Å². The Bertz CT molecular complexity index is 732. The molecule has 2 heterocycles. The highest BCUT2D eigenvalue weighted by molar-refractivity contribution is 5.76. The topological polar surface area (TPSA) is 76.0 Å². The molecule has 0 saturated carbocycles. The first kappa shape index (κ1) is 17.2. The van der Waals surface area contributed by atoms with Crippen LogP contribution in [0.2, 0.25) is 0 Å². The summed E-state index contributed by atoms with van der Waals surface area (Å²) in [7, 11) is 0. The molecule has 0 bridgehead atoms. The van der Waals surface area contributed by atoms with E-state index in [1.807, 2.05) is 29.2 Å². The Balaban J connectivity index is 1.49. The minimum Gasteiger partial charge on any atom is -0.348 e. The summed E-state index contributed by atoms with van der Waals surface area (Å²) in [6.07, 6.45) is 4.63. The zero-order valence-electron chi connectivity index (χ0n) is 14.5. The SMILES string of the molecule is CC1CN(Cc2ccc(C#N)cc2)CCN1C(=O)CCc1cnc[nH]1. The Kier molecular flexibility index (Phi) is 5.46. The Morgan fingerprint density at radius 1 is 1.36 bits per heavy atom. The molecular weight excluding hydrogens is 314 g/mol. The van der Waals surface area contributed by atoms with E-state index < -0.39 is 0 Å². The summed E-state index contributed by atoms with van der Waals surface area (Å²) in [6, 6.07) is 10.1. The van der Waals surface area contributed by atoms with Crippen molar-refractivity contribution >= 4 is 5.91 Å². The van der Waals surface area contributed by atoms with Crippen LogP contribution in [0.5, 0.6) is 0 Å². The first-order valence-electron chi connectivity index (χ1n) is 8.64. The van der Waals surface area contributed by atoms with Gasteiger partial charge in [-0.05, 0) is 31.0 Å². The van der Waals surface area contributed by atoms with Gasteiger partial charge in [-0.2, -0.15) is 5.26 Å². The lowest BCUT2D eigenvalue weighted by Gasteiger charge is -2.40. The molecule has 1 aromatic carbocycles. The molecule has 1 aromatic heterocycles. The number of hydrogen-bond donors (Lipinski definition) is 1. The van der Waals surface area contributed by atoms with E-state index >= 15 is 0 Å². The van der Waals surface area contributed by atoms with Crippen molar-refractivity contribution in [3.05, 3.63) is 53.6 Å². The van der Waals surface area contributed by atoms with Crippen LogP contribution in [0.25, 0.3) is 0 Å². The van der Waals surface area contributed by atoms with Gasteiger partial charge in [-0.25, -0.2) is 4.98 Å². The predicted octanol–water partition coefficient (Wildman–Crippen LogP) is 1.95. The van der Waals surface area contributed by atoms with Crippen molar-refractivity contribution in [2.45, 2.75) is 32.4 Å². The van der Waals surface area contributed by atoms with E-state index in [1.54, 1.807) is 12.5 Å². The fraction of sp³-hybridized carbons (Fsp3) is 0.421. The van der Waals surface area contributed by atoms with Crippen LogP contribution >= 0.6 is 0 Å². The normalized spacial score (nSPS) is 18.1. The maximum absolute atomic E-state index is 12.5. The maximum Gasteiger partial charge on any atom is 0.223 e. The zero-order valence-corrected chi connectivity index (χ0v) is 14.5. The second kappa shape index (κ2) is 7.95. The van der Waals surface area contributed by atoms with E-state index in [-0.39, 0.29) is 11.9 Å². The van der Waals surface area contributed by atoms with Gasteiger partial charge < -0.3 is 9.88 Å². The molecular formula is C19H23N5O. The summed E-state index contributed by atoms with van der Waals surface area (Å²) in [5, 5.41) is 8.87. The molecule has 25 heavy (non-hydrogen) atoms. The highest BCUT2D eigenvalue weighted by Crippen LogP contribution is 2.15. The van der Waals surface area contributed by atoms with Crippen molar-refractivity contribution in [3.63, 3.8) is 0 Å². The summed E-state index contributed by atoms with van der Waals surface area (Å²) >= 11 is 0. The molecule has 1 fully saturated rings. The van der Waals surface area contributed by atoms with Crippen molar-refractivity contribution in [1.29, 1.82) is 5.26 Å². The highest BCUT2D eigenvalue weighted by atomic mass is 16.2.